The highest BCUT2D eigenvalue weighted by atomic mass is 35.5. The van der Waals surface area contributed by atoms with Gasteiger partial charge in [0.1, 0.15) is 11.5 Å². The smallest absolute Gasteiger partial charge is 0.137 e. The average Bonchev–Trinajstić information content (AvgIpc) is 2.32. The second kappa shape index (κ2) is 5.52. The monoisotopic (exact) mass is 253 g/mol. The number of piperidine rings is 1. The molecular weight excluding hydrogens is 238 g/mol. The minimum atomic E-state index is 0.369. The van der Waals surface area contributed by atoms with Gasteiger partial charge in [0.2, 0.25) is 0 Å². The Morgan fingerprint density at radius 1 is 1.35 bits per heavy atom. The van der Waals surface area contributed by atoms with Crippen molar-refractivity contribution in [3.05, 3.63) is 28.8 Å². The van der Waals surface area contributed by atoms with E-state index in [-0.39, 0.29) is 0 Å². The topological polar surface area (TPSA) is 29.5 Å². The minimum absolute atomic E-state index is 0.369. The molecule has 1 saturated heterocycles. The molecular formula is C13H16ClNO2. The molecule has 2 rings (SSSR count). The number of halogens is 1. The molecule has 0 saturated carbocycles. The van der Waals surface area contributed by atoms with Crippen LogP contribution >= 0.6 is 11.6 Å². The molecule has 1 aliphatic rings. The number of methoxy groups -OCH3 is 1. The summed E-state index contributed by atoms with van der Waals surface area (Å²) in [5.74, 6) is 1.07. The second-order valence-corrected chi connectivity index (χ2v) is 4.69. The quantitative estimate of drug-likeness (QED) is 0.829. The van der Waals surface area contributed by atoms with Crippen molar-refractivity contribution in [3.8, 4) is 5.75 Å². The number of ketones is 1. The summed E-state index contributed by atoms with van der Waals surface area (Å²) in [6.07, 6.45) is 1.34. The number of likely N-dealkylation sites (tertiary alicyclic amines) is 1. The van der Waals surface area contributed by atoms with Gasteiger partial charge < -0.3 is 4.74 Å². The predicted molar refractivity (Wildman–Crippen MR) is 67.5 cm³/mol. The second-order valence-electron chi connectivity index (χ2n) is 4.28. The maximum Gasteiger partial charge on any atom is 0.137 e. The molecule has 0 unspecified atom stereocenters. The molecule has 1 fully saturated rings. The van der Waals surface area contributed by atoms with Crippen molar-refractivity contribution < 1.29 is 9.53 Å². The molecule has 0 amide bonds. The van der Waals surface area contributed by atoms with E-state index in [4.69, 9.17) is 16.3 Å². The van der Waals surface area contributed by atoms with E-state index < -0.39 is 0 Å². The summed E-state index contributed by atoms with van der Waals surface area (Å²) < 4.78 is 5.11. The number of ether oxygens (including phenoxy) is 1. The highest BCUT2D eigenvalue weighted by molar-refractivity contribution is 6.32. The van der Waals surface area contributed by atoms with Gasteiger partial charge in [0, 0.05) is 32.5 Å². The molecule has 0 spiro atoms. The summed E-state index contributed by atoms with van der Waals surface area (Å²) in [6.45, 7) is 2.54. The van der Waals surface area contributed by atoms with E-state index in [0.717, 1.165) is 25.2 Å². The normalized spacial score (nSPS) is 17.2. The van der Waals surface area contributed by atoms with E-state index in [1.54, 1.807) is 7.11 Å². The molecule has 0 bridgehead atoms. The maximum absolute atomic E-state index is 11.1. The fourth-order valence-electron chi connectivity index (χ4n) is 2.03. The third-order valence-corrected chi connectivity index (χ3v) is 3.33. The van der Waals surface area contributed by atoms with E-state index in [1.807, 2.05) is 18.2 Å². The SMILES string of the molecule is COc1ccc(CN2CCC(=O)CC2)cc1Cl. The van der Waals surface area contributed by atoms with Gasteiger partial charge in [-0.1, -0.05) is 17.7 Å². The van der Waals surface area contributed by atoms with Crippen LogP contribution in [0.3, 0.4) is 0 Å². The van der Waals surface area contributed by atoms with Crippen LogP contribution in [-0.2, 0) is 11.3 Å². The van der Waals surface area contributed by atoms with Crippen LogP contribution in [0.4, 0.5) is 0 Å². The van der Waals surface area contributed by atoms with Crippen LogP contribution < -0.4 is 4.74 Å². The zero-order valence-corrected chi connectivity index (χ0v) is 10.7. The molecule has 17 heavy (non-hydrogen) atoms. The highest BCUT2D eigenvalue weighted by Crippen LogP contribution is 2.25. The van der Waals surface area contributed by atoms with Crippen molar-refractivity contribution in [1.29, 1.82) is 0 Å². The molecule has 1 aromatic rings. The Morgan fingerprint density at radius 3 is 2.65 bits per heavy atom. The van der Waals surface area contributed by atoms with Crippen molar-refractivity contribution in [2.24, 2.45) is 0 Å². The number of nitrogens with zero attached hydrogens (tertiary/aromatic N) is 1. The number of benzene rings is 1. The van der Waals surface area contributed by atoms with Crippen molar-refractivity contribution in [1.82, 2.24) is 4.90 Å². The van der Waals surface area contributed by atoms with Crippen LogP contribution in [0, 0.1) is 0 Å². The zero-order valence-electron chi connectivity index (χ0n) is 9.91. The van der Waals surface area contributed by atoms with Gasteiger partial charge >= 0.3 is 0 Å². The molecule has 0 aliphatic carbocycles. The standard InChI is InChI=1S/C13H16ClNO2/c1-17-13-3-2-10(8-12(13)14)9-15-6-4-11(16)5-7-15/h2-3,8H,4-7,9H2,1H3. The summed E-state index contributed by atoms with van der Waals surface area (Å²) in [5.41, 5.74) is 1.16. The fraction of sp³-hybridized carbons (Fsp3) is 0.462. The summed E-state index contributed by atoms with van der Waals surface area (Å²) in [6, 6.07) is 5.82. The van der Waals surface area contributed by atoms with Crippen LogP contribution in [0.1, 0.15) is 18.4 Å². The highest BCUT2D eigenvalue weighted by Gasteiger charge is 2.16. The molecule has 0 aromatic heterocycles. The van der Waals surface area contributed by atoms with Crippen LogP contribution in [0.15, 0.2) is 18.2 Å². The van der Waals surface area contributed by atoms with E-state index in [2.05, 4.69) is 4.90 Å². The first kappa shape index (κ1) is 12.4. The molecule has 1 aliphatic heterocycles. The predicted octanol–water partition coefficient (Wildman–Crippen LogP) is 2.51. The van der Waals surface area contributed by atoms with Gasteiger partial charge in [-0.2, -0.15) is 0 Å². The first-order valence-electron chi connectivity index (χ1n) is 5.75. The lowest BCUT2D eigenvalue weighted by molar-refractivity contribution is -0.121. The lowest BCUT2D eigenvalue weighted by atomic mass is 10.1. The Kier molecular flexibility index (Phi) is 4.02. The molecule has 4 heteroatoms. The third kappa shape index (κ3) is 3.20. The number of carbonyl (C=O) groups is 1. The molecule has 0 atom stereocenters. The van der Waals surface area contributed by atoms with Gasteiger partial charge in [0.15, 0.2) is 0 Å². The van der Waals surface area contributed by atoms with E-state index in [0.29, 0.717) is 29.4 Å². The van der Waals surface area contributed by atoms with Gasteiger partial charge in [-0.15, -0.1) is 0 Å². The first-order valence-corrected chi connectivity index (χ1v) is 6.13. The lowest BCUT2D eigenvalue weighted by Crippen LogP contribution is -2.33. The molecule has 0 N–H and O–H groups in total. The Bertz CT molecular complexity index is 410. The summed E-state index contributed by atoms with van der Waals surface area (Å²) in [5, 5.41) is 0.637. The summed E-state index contributed by atoms with van der Waals surface area (Å²) in [4.78, 5) is 13.4. The van der Waals surface area contributed by atoms with Crippen molar-refractivity contribution >= 4 is 17.4 Å². The largest absolute Gasteiger partial charge is 0.495 e. The van der Waals surface area contributed by atoms with E-state index in [9.17, 15) is 4.79 Å². The van der Waals surface area contributed by atoms with Gasteiger partial charge in [-0.3, -0.25) is 9.69 Å². The van der Waals surface area contributed by atoms with Crippen molar-refractivity contribution in [2.45, 2.75) is 19.4 Å². The Morgan fingerprint density at radius 2 is 2.06 bits per heavy atom. The van der Waals surface area contributed by atoms with Crippen LogP contribution in [0.25, 0.3) is 0 Å². The number of hydrogen-bond acceptors (Lipinski definition) is 3. The maximum atomic E-state index is 11.1. The van der Waals surface area contributed by atoms with Gasteiger partial charge in [-0.25, -0.2) is 0 Å². The summed E-state index contributed by atoms with van der Waals surface area (Å²) in [7, 11) is 1.61. The zero-order chi connectivity index (χ0) is 12.3. The van der Waals surface area contributed by atoms with Crippen LogP contribution in [0.2, 0.25) is 5.02 Å². The molecule has 1 aromatic carbocycles. The Balaban J connectivity index is 1.99. The van der Waals surface area contributed by atoms with Gasteiger partial charge in [0.05, 0.1) is 12.1 Å². The van der Waals surface area contributed by atoms with Crippen LogP contribution in [0.5, 0.6) is 5.75 Å². The first-order chi connectivity index (χ1) is 8.19. The average molecular weight is 254 g/mol. The van der Waals surface area contributed by atoms with Crippen LogP contribution in [-0.4, -0.2) is 30.9 Å². The number of carbonyl (C=O) groups excluding carboxylic acids is 1. The van der Waals surface area contributed by atoms with E-state index in [1.165, 1.54) is 0 Å². The van der Waals surface area contributed by atoms with Crippen molar-refractivity contribution in [2.75, 3.05) is 20.2 Å². The fourth-order valence-corrected chi connectivity index (χ4v) is 2.31. The van der Waals surface area contributed by atoms with Crippen molar-refractivity contribution in [3.63, 3.8) is 0 Å². The molecule has 92 valence electrons. The minimum Gasteiger partial charge on any atom is -0.495 e. The Hall–Kier alpha value is -1.06. The lowest BCUT2D eigenvalue weighted by Gasteiger charge is -2.25. The molecule has 1 heterocycles. The number of hydrogen-bond donors (Lipinski definition) is 0. The Labute approximate surface area is 106 Å². The molecule has 0 radical (unpaired) electrons. The third-order valence-electron chi connectivity index (χ3n) is 3.04. The van der Waals surface area contributed by atoms with E-state index >= 15 is 0 Å². The van der Waals surface area contributed by atoms with Gasteiger partial charge in [0.25, 0.3) is 0 Å². The molecule has 3 nitrogen and oxygen atoms in total. The summed E-state index contributed by atoms with van der Waals surface area (Å²) >= 11 is 6.07. The number of rotatable bonds is 3. The van der Waals surface area contributed by atoms with Gasteiger partial charge in [-0.05, 0) is 17.7 Å². The number of Topliss-reactive ketones (excluding diaryl/α,β-unsaturated/α-hetero) is 1.